The molecule has 0 saturated carbocycles. The first-order valence-corrected chi connectivity index (χ1v) is 9.03. The molecule has 1 aromatic rings. The molecular weight excluding hydrogens is 359 g/mol. The number of fused-ring (bicyclic) bond motifs is 1. The number of aliphatic hydroxyl groups is 1. The molecule has 8 heteroatoms. The molecule has 2 heterocycles. The van der Waals surface area contributed by atoms with Crippen LogP contribution in [0.3, 0.4) is 0 Å². The topological polar surface area (TPSA) is 69.6 Å². The predicted molar refractivity (Wildman–Crippen MR) is 95.3 cm³/mol. The first-order valence-electron chi connectivity index (χ1n) is 7.37. The molecule has 2 aliphatic heterocycles. The number of halogens is 2. The van der Waals surface area contributed by atoms with Crippen molar-refractivity contribution in [3.63, 3.8) is 0 Å². The van der Waals surface area contributed by atoms with Gasteiger partial charge in [0, 0.05) is 31.6 Å². The maximum absolute atomic E-state index is 12.3. The Balaban J connectivity index is 0.00000132. The van der Waals surface area contributed by atoms with E-state index in [9.17, 15) is 13.5 Å². The fourth-order valence-corrected chi connectivity index (χ4v) is 4.83. The summed E-state index contributed by atoms with van der Waals surface area (Å²) in [6.45, 7) is 4.12. The molecule has 2 fully saturated rings. The number of benzene rings is 1. The Labute approximate surface area is 150 Å². The van der Waals surface area contributed by atoms with E-state index >= 15 is 0 Å². The number of nitrogens with zero attached hydrogens (tertiary/aromatic N) is 1. The molecule has 3 rings (SSSR count). The van der Waals surface area contributed by atoms with Crippen molar-refractivity contribution >= 4 is 34.7 Å². The maximum Gasteiger partial charge on any atom is 0.179 e. The van der Waals surface area contributed by atoms with Crippen LogP contribution in [-0.2, 0) is 9.84 Å². The van der Waals surface area contributed by atoms with Gasteiger partial charge in [-0.05, 0) is 24.6 Å². The highest BCUT2D eigenvalue weighted by Crippen LogP contribution is 2.38. The number of nitrogens with one attached hydrogen (secondary N) is 1. The minimum atomic E-state index is -3.22. The predicted octanol–water partition coefficient (Wildman–Crippen LogP) is 0.818. The Morgan fingerprint density at radius 1 is 1.26 bits per heavy atom. The summed E-state index contributed by atoms with van der Waals surface area (Å²) in [5.74, 6) is 0.570. The van der Waals surface area contributed by atoms with Crippen molar-refractivity contribution in [2.75, 3.05) is 45.1 Å². The fraction of sp³-hybridized carbons (Fsp3) is 0.600. The molecule has 5 nitrogen and oxygen atoms in total. The molecule has 0 spiro atoms. The van der Waals surface area contributed by atoms with Crippen LogP contribution in [0.4, 0.5) is 0 Å². The second-order valence-electron chi connectivity index (χ2n) is 6.22. The van der Waals surface area contributed by atoms with E-state index in [-0.39, 0.29) is 42.6 Å². The smallest absolute Gasteiger partial charge is 0.179 e. The average Bonchev–Trinajstić information content (AvgIpc) is 3.03. The SMILES string of the molecule is Cl.Cl.O=S(=O)(CCN1CC2CNCC2(CO)C1)c1ccccc1. The van der Waals surface area contributed by atoms with Crippen LogP contribution in [0, 0.1) is 11.3 Å². The highest BCUT2D eigenvalue weighted by molar-refractivity contribution is 7.91. The average molecular weight is 383 g/mol. The zero-order valence-corrected chi connectivity index (χ0v) is 15.3. The van der Waals surface area contributed by atoms with Gasteiger partial charge in [0.05, 0.1) is 17.3 Å². The standard InChI is InChI=1S/C15H22N2O3S.2ClH/c18-12-15-10-16-8-13(15)9-17(11-15)6-7-21(19,20)14-4-2-1-3-5-14;;/h1-5,13,16,18H,6-12H2;2*1H. The van der Waals surface area contributed by atoms with Crippen LogP contribution in [0.2, 0.25) is 0 Å². The van der Waals surface area contributed by atoms with Crippen LogP contribution >= 0.6 is 24.8 Å². The molecular formula is C15H24Cl2N2O3S. The molecule has 2 N–H and O–H groups in total. The van der Waals surface area contributed by atoms with Crippen molar-refractivity contribution in [2.24, 2.45) is 11.3 Å². The summed E-state index contributed by atoms with van der Waals surface area (Å²) in [5, 5.41) is 13.0. The van der Waals surface area contributed by atoms with E-state index in [2.05, 4.69) is 10.2 Å². The summed E-state index contributed by atoms with van der Waals surface area (Å²) in [6, 6.07) is 8.61. The largest absolute Gasteiger partial charge is 0.396 e. The van der Waals surface area contributed by atoms with Gasteiger partial charge >= 0.3 is 0 Å². The lowest BCUT2D eigenvalue weighted by Gasteiger charge is -2.25. The van der Waals surface area contributed by atoms with E-state index in [1.165, 1.54) is 0 Å². The van der Waals surface area contributed by atoms with Crippen molar-refractivity contribution in [3.05, 3.63) is 30.3 Å². The van der Waals surface area contributed by atoms with Gasteiger partial charge in [-0.15, -0.1) is 24.8 Å². The third kappa shape index (κ3) is 4.18. The van der Waals surface area contributed by atoms with Crippen LogP contribution < -0.4 is 5.32 Å². The number of likely N-dealkylation sites (tertiary alicyclic amines) is 1. The molecule has 2 aliphatic rings. The molecule has 2 atom stereocenters. The monoisotopic (exact) mass is 382 g/mol. The Kier molecular flexibility index (Phi) is 7.32. The summed E-state index contributed by atoms with van der Waals surface area (Å²) < 4.78 is 24.6. The van der Waals surface area contributed by atoms with Crippen molar-refractivity contribution in [1.82, 2.24) is 10.2 Å². The maximum atomic E-state index is 12.3. The van der Waals surface area contributed by atoms with E-state index in [4.69, 9.17) is 0 Å². The number of aliphatic hydroxyl groups excluding tert-OH is 1. The van der Waals surface area contributed by atoms with Crippen LogP contribution in [0.25, 0.3) is 0 Å². The zero-order valence-electron chi connectivity index (χ0n) is 12.8. The Morgan fingerprint density at radius 2 is 1.96 bits per heavy atom. The van der Waals surface area contributed by atoms with Crippen molar-refractivity contribution in [2.45, 2.75) is 4.90 Å². The summed E-state index contributed by atoms with van der Waals surface area (Å²) in [4.78, 5) is 2.57. The first-order chi connectivity index (χ1) is 10.1. The fourth-order valence-electron chi connectivity index (χ4n) is 3.52. The van der Waals surface area contributed by atoms with E-state index in [0.717, 1.165) is 26.2 Å². The molecule has 1 aromatic carbocycles. The van der Waals surface area contributed by atoms with Gasteiger partial charge in [-0.3, -0.25) is 0 Å². The second kappa shape index (κ2) is 8.14. The molecule has 0 radical (unpaired) electrons. The number of sulfone groups is 1. The van der Waals surface area contributed by atoms with Gasteiger partial charge < -0.3 is 15.3 Å². The van der Waals surface area contributed by atoms with Crippen LogP contribution in [0.15, 0.2) is 35.2 Å². The third-order valence-electron chi connectivity index (χ3n) is 4.84. The molecule has 0 aliphatic carbocycles. The summed E-state index contributed by atoms with van der Waals surface area (Å²) in [7, 11) is -3.22. The first kappa shape index (κ1) is 20.7. The minimum absolute atomic E-state index is 0. The number of rotatable bonds is 5. The lowest BCUT2D eigenvalue weighted by molar-refractivity contribution is 0.125. The zero-order chi connectivity index (χ0) is 14.9. The quantitative estimate of drug-likeness (QED) is 0.788. The third-order valence-corrected chi connectivity index (χ3v) is 6.55. The summed E-state index contributed by atoms with van der Waals surface area (Å²) in [5.41, 5.74) is -0.0729. The van der Waals surface area contributed by atoms with Gasteiger partial charge in [0.1, 0.15) is 0 Å². The Bertz CT molecular complexity index is 600. The molecule has 2 saturated heterocycles. The molecule has 132 valence electrons. The Hall–Kier alpha value is -0.370. The highest BCUT2D eigenvalue weighted by atomic mass is 35.5. The van der Waals surface area contributed by atoms with E-state index in [1.807, 2.05) is 6.07 Å². The lowest BCUT2D eigenvalue weighted by atomic mass is 9.82. The normalized spacial score (nSPS) is 27.1. The van der Waals surface area contributed by atoms with Gasteiger partial charge in [-0.1, -0.05) is 18.2 Å². The second-order valence-corrected chi connectivity index (χ2v) is 8.32. The van der Waals surface area contributed by atoms with Crippen LogP contribution in [0.1, 0.15) is 0 Å². The lowest BCUT2D eigenvalue weighted by Crippen LogP contribution is -2.37. The van der Waals surface area contributed by atoms with Crippen LogP contribution in [0.5, 0.6) is 0 Å². The number of hydrogen-bond acceptors (Lipinski definition) is 5. The molecule has 23 heavy (non-hydrogen) atoms. The Morgan fingerprint density at radius 3 is 2.57 bits per heavy atom. The van der Waals surface area contributed by atoms with Crippen LogP contribution in [-0.4, -0.2) is 63.5 Å². The molecule has 0 aromatic heterocycles. The van der Waals surface area contributed by atoms with E-state index < -0.39 is 9.84 Å². The van der Waals surface area contributed by atoms with Gasteiger partial charge in [-0.2, -0.15) is 0 Å². The van der Waals surface area contributed by atoms with Crippen molar-refractivity contribution < 1.29 is 13.5 Å². The minimum Gasteiger partial charge on any atom is -0.396 e. The number of hydrogen-bond donors (Lipinski definition) is 2. The highest BCUT2D eigenvalue weighted by Gasteiger charge is 2.49. The summed E-state index contributed by atoms with van der Waals surface area (Å²) in [6.07, 6.45) is 0. The van der Waals surface area contributed by atoms with Crippen molar-refractivity contribution in [1.29, 1.82) is 0 Å². The van der Waals surface area contributed by atoms with Gasteiger partial charge in [0.15, 0.2) is 9.84 Å². The molecule has 2 unspecified atom stereocenters. The van der Waals surface area contributed by atoms with Gasteiger partial charge in [-0.25, -0.2) is 8.42 Å². The van der Waals surface area contributed by atoms with Gasteiger partial charge in [0.25, 0.3) is 0 Å². The van der Waals surface area contributed by atoms with Crippen molar-refractivity contribution in [3.8, 4) is 0 Å². The summed E-state index contributed by atoms with van der Waals surface area (Å²) >= 11 is 0. The van der Waals surface area contributed by atoms with E-state index in [1.54, 1.807) is 24.3 Å². The molecule has 0 bridgehead atoms. The molecule has 0 amide bonds. The van der Waals surface area contributed by atoms with E-state index in [0.29, 0.717) is 17.4 Å². The van der Waals surface area contributed by atoms with Gasteiger partial charge in [0.2, 0.25) is 0 Å².